The maximum Gasteiger partial charge on any atom is 0.256 e. The average molecular weight is 307 g/mol. The number of nitriles is 1. The van der Waals surface area contributed by atoms with Crippen molar-refractivity contribution in [2.24, 2.45) is 0 Å². The van der Waals surface area contributed by atoms with Gasteiger partial charge in [-0.2, -0.15) is 5.26 Å². The topological polar surface area (TPSA) is 44.1 Å². The highest BCUT2D eigenvalue weighted by atomic mass is 79.9. The van der Waals surface area contributed by atoms with Crippen molar-refractivity contribution in [2.75, 3.05) is 7.05 Å². The van der Waals surface area contributed by atoms with Crippen LogP contribution in [-0.2, 0) is 0 Å². The van der Waals surface area contributed by atoms with Crippen LogP contribution in [0, 0.1) is 11.3 Å². The summed E-state index contributed by atoms with van der Waals surface area (Å²) in [4.78, 5) is 14.1. The van der Waals surface area contributed by atoms with Crippen molar-refractivity contribution in [3.63, 3.8) is 0 Å². The van der Waals surface area contributed by atoms with Crippen molar-refractivity contribution >= 4 is 21.8 Å². The Labute approximate surface area is 116 Å². The van der Waals surface area contributed by atoms with Crippen LogP contribution in [-0.4, -0.2) is 23.4 Å². The monoisotopic (exact) mass is 306 g/mol. The molecule has 1 aliphatic rings. The minimum absolute atomic E-state index is 0.0917. The molecule has 18 heavy (non-hydrogen) atoms. The molecule has 4 heteroatoms. The average Bonchev–Trinajstić information content (AvgIpc) is 2.87. The Morgan fingerprint density at radius 3 is 2.56 bits per heavy atom. The van der Waals surface area contributed by atoms with E-state index in [4.69, 9.17) is 0 Å². The number of carbonyl (C=O) groups excluding carboxylic acids is 1. The summed E-state index contributed by atoms with van der Waals surface area (Å²) in [7, 11) is 1.73. The smallest absolute Gasteiger partial charge is 0.256 e. The molecule has 1 aromatic rings. The molecular formula is C14H15BrN2O. The van der Waals surface area contributed by atoms with Crippen molar-refractivity contribution in [1.29, 1.82) is 5.26 Å². The molecule has 1 fully saturated rings. The highest BCUT2D eigenvalue weighted by molar-refractivity contribution is 9.10. The van der Waals surface area contributed by atoms with Crippen LogP contribution in [0.15, 0.2) is 28.7 Å². The number of amides is 1. The third-order valence-electron chi connectivity index (χ3n) is 3.69. The van der Waals surface area contributed by atoms with Gasteiger partial charge in [0.25, 0.3) is 5.91 Å². The van der Waals surface area contributed by atoms with Crippen LogP contribution in [0.5, 0.6) is 0 Å². The Bertz CT molecular complexity index is 501. The van der Waals surface area contributed by atoms with E-state index in [2.05, 4.69) is 22.0 Å². The van der Waals surface area contributed by atoms with Crippen LogP contribution in [0.25, 0.3) is 0 Å². The minimum Gasteiger partial charge on any atom is -0.323 e. The van der Waals surface area contributed by atoms with Crippen molar-refractivity contribution in [2.45, 2.75) is 31.2 Å². The summed E-state index contributed by atoms with van der Waals surface area (Å²) < 4.78 is 0.771. The number of rotatable bonds is 2. The van der Waals surface area contributed by atoms with Crippen LogP contribution < -0.4 is 0 Å². The molecule has 1 amide bonds. The summed E-state index contributed by atoms with van der Waals surface area (Å²) in [5, 5.41) is 9.40. The number of nitrogens with zero attached hydrogens (tertiary/aromatic N) is 2. The van der Waals surface area contributed by atoms with Gasteiger partial charge in [-0.05, 0) is 53.7 Å². The van der Waals surface area contributed by atoms with Gasteiger partial charge in [0.15, 0.2) is 0 Å². The van der Waals surface area contributed by atoms with E-state index in [0.29, 0.717) is 5.56 Å². The van der Waals surface area contributed by atoms with Crippen LogP contribution in [0.1, 0.15) is 36.0 Å². The van der Waals surface area contributed by atoms with Gasteiger partial charge < -0.3 is 4.90 Å². The Hall–Kier alpha value is -1.34. The van der Waals surface area contributed by atoms with E-state index in [1.165, 1.54) is 0 Å². The molecule has 0 heterocycles. The van der Waals surface area contributed by atoms with Gasteiger partial charge in [0, 0.05) is 11.5 Å². The molecule has 3 nitrogen and oxygen atoms in total. The van der Waals surface area contributed by atoms with Gasteiger partial charge >= 0.3 is 0 Å². The van der Waals surface area contributed by atoms with Crippen LogP contribution >= 0.6 is 15.9 Å². The lowest BCUT2D eigenvalue weighted by Crippen LogP contribution is -2.46. The number of carbonyl (C=O) groups is 1. The standard InChI is InChI=1S/C14H15BrN2O/c1-17(14(10-16)8-4-5-9-14)13(18)11-6-2-3-7-12(11)15/h2-3,6-7H,4-5,8-9H2,1H3. The first-order valence-corrected chi connectivity index (χ1v) is 6.84. The third kappa shape index (κ3) is 2.15. The van der Waals surface area contributed by atoms with E-state index in [9.17, 15) is 10.1 Å². The molecule has 94 valence electrons. The lowest BCUT2D eigenvalue weighted by atomic mass is 9.96. The second kappa shape index (κ2) is 5.11. The summed E-state index contributed by atoms with van der Waals surface area (Å²) in [6, 6.07) is 9.66. The van der Waals surface area contributed by atoms with Crippen LogP contribution in [0.2, 0.25) is 0 Å². The molecule has 1 aromatic carbocycles. The second-order valence-corrected chi connectivity index (χ2v) is 5.55. The van der Waals surface area contributed by atoms with Gasteiger partial charge in [-0.15, -0.1) is 0 Å². The summed E-state index contributed by atoms with van der Waals surface area (Å²) in [6.45, 7) is 0. The minimum atomic E-state index is -0.619. The van der Waals surface area contributed by atoms with Gasteiger partial charge in [0.05, 0.1) is 11.6 Å². The molecule has 1 saturated carbocycles. The molecule has 1 aliphatic carbocycles. The zero-order valence-corrected chi connectivity index (χ0v) is 11.9. The number of hydrogen-bond donors (Lipinski definition) is 0. The molecule has 0 spiro atoms. The fourth-order valence-corrected chi connectivity index (χ4v) is 2.95. The summed E-state index contributed by atoms with van der Waals surface area (Å²) in [5.74, 6) is -0.0917. The third-order valence-corrected chi connectivity index (χ3v) is 4.38. The predicted molar refractivity (Wildman–Crippen MR) is 73.0 cm³/mol. The van der Waals surface area contributed by atoms with Gasteiger partial charge in [-0.1, -0.05) is 12.1 Å². The molecule has 0 saturated heterocycles. The summed E-state index contributed by atoms with van der Waals surface area (Å²) in [5.41, 5.74) is -0.00616. The largest absolute Gasteiger partial charge is 0.323 e. The molecular weight excluding hydrogens is 292 g/mol. The number of hydrogen-bond acceptors (Lipinski definition) is 2. The Kier molecular flexibility index (Phi) is 3.72. The Morgan fingerprint density at radius 1 is 1.39 bits per heavy atom. The van der Waals surface area contributed by atoms with Crippen molar-refractivity contribution in [1.82, 2.24) is 4.90 Å². The lowest BCUT2D eigenvalue weighted by molar-refractivity contribution is 0.0662. The van der Waals surface area contributed by atoms with Gasteiger partial charge in [0.2, 0.25) is 0 Å². The van der Waals surface area contributed by atoms with E-state index in [0.717, 1.165) is 30.2 Å². The van der Waals surface area contributed by atoms with E-state index in [1.807, 2.05) is 18.2 Å². The molecule has 0 N–H and O–H groups in total. The highest BCUT2D eigenvalue weighted by Crippen LogP contribution is 2.35. The molecule has 0 unspecified atom stereocenters. The molecule has 0 radical (unpaired) electrons. The zero-order chi connectivity index (χ0) is 13.2. The summed E-state index contributed by atoms with van der Waals surface area (Å²) >= 11 is 3.38. The second-order valence-electron chi connectivity index (χ2n) is 4.69. The normalized spacial score (nSPS) is 17.2. The zero-order valence-electron chi connectivity index (χ0n) is 10.3. The molecule has 0 atom stereocenters. The first kappa shape index (κ1) is 13.1. The van der Waals surface area contributed by atoms with Crippen LogP contribution in [0.3, 0.4) is 0 Å². The van der Waals surface area contributed by atoms with Crippen molar-refractivity contribution in [3.05, 3.63) is 34.3 Å². The first-order valence-electron chi connectivity index (χ1n) is 6.05. The van der Waals surface area contributed by atoms with Gasteiger partial charge in [-0.25, -0.2) is 0 Å². The molecule has 0 aromatic heterocycles. The molecule has 2 rings (SSSR count). The van der Waals surface area contributed by atoms with Crippen molar-refractivity contribution in [3.8, 4) is 6.07 Å². The fraction of sp³-hybridized carbons (Fsp3) is 0.429. The van der Waals surface area contributed by atoms with Gasteiger partial charge in [0.1, 0.15) is 5.54 Å². The predicted octanol–water partition coefficient (Wildman–Crippen LogP) is 3.36. The van der Waals surface area contributed by atoms with E-state index < -0.39 is 5.54 Å². The van der Waals surface area contributed by atoms with Crippen LogP contribution in [0.4, 0.5) is 0 Å². The van der Waals surface area contributed by atoms with Crippen molar-refractivity contribution < 1.29 is 4.79 Å². The highest BCUT2D eigenvalue weighted by Gasteiger charge is 2.40. The Balaban J connectivity index is 2.30. The van der Waals surface area contributed by atoms with E-state index in [1.54, 1.807) is 18.0 Å². The first-order chi connectivity index (χ1) is 8.60. The maximum absolute atomic E-state index is 12.5. The fourth-order valence-electron chi connectivity index (χ4n) is 2.49. The summed E-state index contributed by atoms with van der Waals surface area (Å²) in [6.07, 6.45) is 3.58. The van der Waals surface area contributed by atoms with Gasteiger partial charge in [-0.3, -0.25) is 4.79 Å². The quantitative estimate of drug-likeness (QED) is 0.841. The molecule has 0 bridgehead atoms. The molecule has 0 aliphatic heterocycles. The SMILES string of the molecule is CN(C(=O)c1ccccc1Br)C1(C#N)CCCC1. The van der Waals surface area contributed by atoms with E-state index in [-0.39, 0.29) is 5.91 Å². The lowest BCUT2D eigenvalue weighted by Gasteiger charge is -2.32. The van der Waals surface area contributed by atoms with E-state index >= 15 is 0 Å². The number of benzene rings is 1. The maximum atomic E-state index is 12.5. The Morgan fingerprint density at radius 2 is 2.00 bits per heavy atom. The number of halogens is 1.